The molecule has 31 heavy (non-hydrogen) atoms. The number of carbonyl (C=O) groups excluding carboxylic acids is 1. The summed E-state index contributed by atoms with van der Waals surface area (Å²) in [6.07, 6.45) is 5.51. The average molecular weight is 440 g/mol. The molecule has 6 nitrogen and oxygen atoms in total. The monoisotopic (exact) mass is 439 g/mol. The summed E-state index contributed by atoms with van der Waals surface area (Å²) in [5, 5.41) is 12.6. The smallest absolute Gasteiger partial charge is 0.233 e. The van der Waals surface area contributed by atoms with Crippen LogP contribution >= 0.6 is 11.8 Å². The molecule has 0 spiro atoms. The Bertz CT molecular complexity index is 1020. The van der Waals surface area contributed by atoms with E-state index in [1.807, 2.05) is 36.1 Å². The molecule has 0 atom stereocenters. The van der Waals surface area contributed by atoms with Gasteiger partial charge in [0, 0.05) is 12.6 Å². The summed E-state index contributed by atoms with van der Waals surface area (Å²) in [6.45, 7) is 2.50. The van der Waals surface area contributed by atoms with Crippen LogP contribution in [0.15, 0.2) is 53.7 Å². The third-order valence-corrected chi connectivity index (χ3v) is 6.62. The SMILES string of the molecule is Cc1ccccc1-n1nnnc1SCC(=O)N(Cc1ccc(F)cc1)C1CCCCC1. The third kappa shape index (κ3) is 5.31. The molecular formula is C23H26FN5OS. The number of nitrogens with zero attached hydrogens (tertiary/aromatic N) is 5. The fourth-order valence-electron chi connectivity index (χ4n) is 4.03. The van der Waals surface area contributed by atoms with Gasteiger partial charge in [0.1, 0.15) is 5.82 Å². The van der Waals surface area contributed by atoms with E-state index in [9.17, 15) is 9.18 Å². The molecule has 1 amide bonds. The minimum absolute atomic E-state index is 0.0561. The third-order valence-electron chi connectivity index (χ3n) is 5.71. The van der Waals surface area contributed by atoms with Crippen LogP contribution in [0.2, 0.25) is 0 Å². The van der Waals surface area contributed by atoms with E-state index in [1.165, 1.54) is 30.3 Å². The van der Waals surface area contributed by atoms with E-state index in [0.717, 1.165) is 42.5 Å². The highest BCUT2D eigenvalue weighted by Gasteiger charge is 2.26. The molecular weight excluding hydrogens is 413 g/mol. The van der Waals surface area contributed by atoms with Crippen LogP contribution < -0.4 is 0 Å². The van der Waals surface area contributed by atoms with Crippen molar-refractivity contribution in [3.63, 3.8) is 0 Å². The lowest BCUT2D eigenvalue weighted by Gasteiger charge is -2.34. The predicted octanol–water partition coefficient (Wildman–Crippen LogP) is 4.56. The van der Waals surface area contributed by atoms with Gasteiger partial charge in [-0.05, 0) is 59.5 Å². The maximum absolute atomic E-state index is 13.3. The van der Waals surface area contributed by atoms with Crippen LogP contribution in [0.1, 0.15) is 43.2 Å². The van der Waals surface area contributed by atoms with Crippen LogP contribution in [-0.2, 0) is 11.3 Å². The number of benzene rings is 2. The summed E-state index contributed by atoms with van der Waals surface area (Å²) in [7, 11) is 0. The summed E-state index contributed by atoms with van der Waals surface area (Å²) in [4.78, 5) is 15.2. The topological polar surface area (TPSA) is 63.9 Å². The van der Waals surface area contributed by atoms with Crippen LogP contribution in [0.5, 0.6) is 0 Å². The molecule has 1 aliphatic carbocycles. The maximum atomic E-state index is 13.3. The zero-order valence-corrected chi connectivity index (χ0v) is 18.4. The first kappa shape index (κ1) is 21.5. The van der Waals surface area contributed by atoms with E-state index in [4.69, 9.17) is 0 Å². The molecule has 0 saturated heterocycles. The molecule has 1 heterocycles. The Morgan fingerprint density at radius 3 is 2.61 bits per heavy atom. The van der Waals surface area contributed by atoms with Crippen molar-refractivity contribution in [1.82, 2.24) is 25.1 Å². The number of para-hydroxylation sites is 1. The molecule has 3 aromatic rings. The Labute approximate surface area is 185 Å². The lowest BCUT2D eigenvalue weighted by molar-refractivity contribution is -0.132. The van der Waals surface area contributed by atoms with Crippen molar-refractivity contribution in [2.75, 3.05) is 5.75 Å². The summed E-state index contributed by atoms with van der Waals surface area (Å²) >= 11 is 1.35. The molecule has 0 N–H and O–H groups in total. The number of hydrogen-bond donors (Lipinski definition) is 0. The number of tetrazole rings is 1. The number of rotatable bonds is 7. The van der Waals surface area contributed by atoms with Gasteiger partial charge in [0.15, 0.2) is 0 Å². The maximum Gasteiger partial charge on any atom is 0.233 e. The molecule has 8 heteroatoms. The Morgan fingerprint density at radius 2 is 1.87 bits per heavy atom. The Hall–Kier alpha value is -2.74. The predicted molar refractivity (Wildman–Crippen MR) is 118 cm³/mol. The number of aryl methyl sites for hydroxylation is 1. The van der Waals surface area contributed by atoms with Gasteiger partial charge in [-0.1, -0.05) is 61.4 Å². The van der Waals surface area contributed by atoms with E-state index in [-0.39, 0.29) is 23.5 Å². The normalized spacial score (nSPS) is 14.5. The quantitative estimate of drug-likeness (QED) is 0.505. The summed E-state index contributed by atoms with van der Waals surface area (Å²) in [6, 6.07) is 14.5. The van der Waals surface area contributed by atoms with Gasteiger partial charge in [0.2, 0.25) is 11.1 Å². The van der Waals surface area contributed by atoms with Crippen LogP contribution in [0, 0.1) is 12.7 Å². The highest BCUT2D eigenvalue weighted by molar-refractivity contribution is 7.99. The second kappa shape index (κ2) is 10.0. The first-order valence-corrected chi connectivity index (χ1v) is 11.6. The molecule has 0 unspecified atom stereocenters. The van der Waals surface area contributed by atoms with Gasteiger partial charge in [-0.25, -0.2) is 4.39 Å². The van der Waals surface area contributed by atoms with Crippen molar-refractivity contribution in [1.29, 1.82) is 0 Å². The summed E-state index contributed by atoms with van der Waals surface area (Å²) in [5.41, 5.74) is 2.90. The molecule has 4 rings (SSSR count). The molecule has 1 aliphatic rings. The number of halogens is 1. The van der Waals surface area contributed by atoms with E-state index < -0.39 is 0 Å². The van der Waals surface area contributed by atoms with Crippen molar-refractivity contribution in [2.45, 2.75) is 56.8 Å². The van der Waals surface area contributed by atoms with Crippen molar-refractivity contribution < 1.29 is 9.18 Å². The van der Waals surface area contributed by atoms with Crippen molar-refractivity contribution in [3.8, 4) is 5.69 Å². The second-order valence-electron chi connectivity index (χ2n) is 7.89. The lowest BCUT2D eigenvalue weighted by Crippen LogP contribution is -2.42. The van der Waals surface area contributed by atoms with Crippen LogP contribution in [-0.4, -0.2) is 42.8 Å². The number of hydrogen-bond acceptors (Lipinski definition) is 5. The fourth-order valence-corrected chi connectivity index (χ4v) is 4.80. The van der Waals surface area contributed by atoms with Crippen LogP contribution in [0.3, 0.4) is 0 Å². The lowest BCUT2D eigenvalue weighted by atomic mass is 9.94. The standard InChI is InChI=1S/C23H26FN5OS/c1-17-7-5-6-10-21(17)29-23(25-26-27-29)31-16-22(30)28(20-8-3-2-4-9-20)15-18-11-13-19(24)14-12-18/h5-7,10-14,20H,2-4,8-9,15-16H2,1H3. The molecule has 1 aromatic heterocycles. The Morgan fingerprint density at radius 1 is 1.13 bits per heavy atom. The number of amides is 1. The minimum Gasteiger partial charge on any atom is -0.335 e. The van der Waals surface area contributed by atoms with Crippen LogP contribution in [0.4, 0.5) is 4.39 Å². The van der Waals surface area contributed by atoms with E-state index in [2.05, 4.69) is 15.5 Å². The molecule has 1 fully saturated rings. The number of aromatic nitrogens is 4. The van der Waals surface area contributed by atoms with Gasteiger partial charge in [-0.3, -0.25) is 4.79 Å². The Kier molecular flexibility index (Phi) is 6.96. The van der Waals surface area contributed by atoms with Gasteiger partial charge >= 0.3 is 0 Å². The minimum atomic E-state index is -0.266. The zero-order chi connectivity index (χ0) is 21.6. The average Bonchev–Trinajstić information content (AvgIpc) is 3.26. The molecule has 0 radical (unpaired) electrons. The fraction of sp³-hybridized carbons (Fsp3) is 0.391. The largest absolute Gasteiger partial charge is 0.335 e. The van der Waals surface area contributed by atoms with Crippen LogP contribution in [0.25, 0.3) is 5.69 Å². The van der Waals surface area contributed by atoms with Crippen molar-refractivity contribution in [3.05, 3.63) is 65.5 Å². The molecule has 0 aliphatic heterocycles. The van der Waals surface area contributed by atoms with E-state index in [1.54, 1.807) is 16.8 Å². The van der Waals surface area contributed by atoms with Crippen molar-refractivity contribution >= 4 is 17.7 Å². The molecule has 2 aromatic carbocycles. The number of thioether (sulfide) groups is 1. The highest BCUT2D eigenvalue weighted by atomic mass is 32.2. The van der Waals surface area contributed by atoms with E-state index >= 15 is 0 Å². The highest BCUT2D eigenvalue weighted by Crippen LogP contribution is 2.26. The first-order valence-electron chi connectivity index (χ1n) is 10.6. The molecule has 162 valence electrons. The van der Waals surface area contributed by atoms with Gasteiger partial charge < -0.3 is 4.90 Å². The van der Waals surface area contributed by atoms with Crippen molar-refractivity contribution in [2.24, 2.45) is 0 Å². The molecule has 1 saturated carbocycles. The van der Waals surface area contributed by atoms with Gasteiger partial charge in [0.05, 0.1) is 11.4 Å². The second-order valence-corrected chi connectivity index (χ2v) is 8.83. The number of carbonyl (C=O) groups is 1. The summed E-state index contributed by atoms with van der Waals surface area (Å²) < 4.78 is 15.0. The Balaban J connectivity index is 1.48. The van der Waals surface area contributed by atoms with E-state index in [0.29, 0.717) is 11.7 Å². The first-order chi connectivity index (χ1) is 15.1. The van der Waals surface area contributed by atoms with Gasteiger partial charge in [0.25, 0.3) is 0 Å². The zero-order valence-electron chi connectivity index (χ0n) is 17.6. The van der Waals surface area contributed by atoms with Gasteiger partial charge in [-0.15, -0.1) is 5.10 Å². The molecule has 0 bridgehead atoms. The summed E-state index contributed by atoms with van der Waals surface area (Å²) in [5.74, 6) is 0.0441. The van der Waals surface area contributed by atoms with Gasteiger partial charge in [-0.2, -0.15) is 4.68 Å².